The van der Waals surface area contributed by atoms with Crippen LogP contribution < -0.4 is 5.32 Å². The van der Waals surface area contributed by atoms with Crippen LogP contribution in [-0.2, 0) is 4.43 Å². The van der Waals surface area contributed by atoms with Crippen LogP contribution in [0.5, 0.6) is 0 Å². The van der Waals surface area contributed by atoms with Crippen molar-refractivity contribution >= 4 is 14.9 Å². The van der Waals surface area contributed by atoms with Gasteiger partial charge >= 0.3 is 0 Å². The Balaban J connectivity index is 2.11. The summed E-state index contributed by atoms with van der Waals surface area (Å²) >= 11 is 0. The van der Waals surface area contributed by atoms with Crippen molar-refractivity contribution in [1.29, 1.82) is 0 Å². The van der Waals surface area contributed by atoms with Crippen molar-refractivity contribution in [2.24, 2.45) is 5.41 Å². The Morgan fingerprint density at radius 1 is 1.32 bits per heavy atom. The maximum absolute atomic E-state index is 6.18. The van der Waals surface area contributed by atoms with Crippen LogP contribution >= 0.6 is 0 Å². The molecule has 2 rings (SSSR count). The van der Waals surface area contributed by atoms with Crippen LogP contribution in [0.2, 0.25) is 13.1 Å². The van der Waals surface area contributed by atoms with Gasteiger partial charge in [-0.3, -0.25) is 0 Å². The molecule has 0 bridgehead atoms. The second kappa shape index (κ2) is 5.63. The first-order valence-corrected chi connectivity index (χ1v) is 9.46. The van der Waals surface area contributed by atoms with Crippen LogP contribution in [0.1, 0.15) is 45.3 Å². The summed E-state index contributed by atoms with van der Waals surface area (Å²) in [5, 5.41) is 3.42. The lowest BCUT2D eigenvalue weighted by Crippen LogP contribution is -2.26. The molecule has 0 amide bonds. The zero-order chi connectivity index (χ0) is 14.0. The quantitative estimate of drug-likeness (QED) is 0.826. The lowest BCUT2D eigenvalue weighted by Gasteiger charge is -2.32. The first-order valence-electron chi connectivity index (χ1n) is 7.05. The Labute approximate surface area is 118 Å². The first kappa shape index (κ1) is 14.5. The van der Waals surface area contributed by atoms with Gasteiger partial charge in [0, 0.05) is 12.2 Å². The molecular formula is C15H25N2OSi. The second-order valence-electron chi connectivity index (χ2n) is 6.67. The van der Waals surface area contributed by atoms with Crippen LogP contribution in [0.25, 0.3) is 0 Å². The predicted octanol–water partition coefficient (Wildman–Crippen LogP) is 4.01. The van der Waals surface area contributed by atoms with Gasteiger partial charge < -0.3 is 9.74 Å². The fraction of sp³-hybridized carbons (Fsp3) is 0.667. The minimum atomic E-state index is -0.725. The first-order chi connectivity index (χ1) is 8.86. The SMILES string of the molecule is C[Si](C)OC(c1ccc(NC2CC2)nc1)C(C)(C)C. The molecule has 1 aliphatic carbocycles. The number of rotatable bonds is 5. The number of pyridine rings is 1. The molecule has 0 aliphatic heterocycles. The minimum absolute atomic E-state index is 0.0923. The Bertz CT molecular complexity index is 407. The van der Waals surface area contributed by atoms with E-state index in [2.05, 4.69) is 56.3 Å². The van der Waals surface area contributed by atoms with E-state index in [0.29, 0.717) is 6.04 Å². The molecule has 1 heterocycles. The van der Waals surface area contributed by atoms with Crippen LogP contribution in [-0.4, -0.2) is 20.1 Å². The van der Waals surface area contributed by atoms with Gasteiger partial charge in [0.2, 0.25) is 9.04 Å². The Kier molecular flexibility index (Phi) is 4.31. The van der Waals surface area contributed by atoms with E-state index in [-0.39, 0.29) is 11.5 Å². The summed E-state index contributed by atoms with van der Waals surface area (Å²) in [5.74, 6) is 0.984. The number of hydrogen-bond acceptors (Lipinski definition) is 3. The van der Waals surface area contributed by atoms with Gasteiger partial charge in [-0.15, -0.1) is 0 Å². The predicted molar refractivity (Wildman–Crippen MR) is 81.6 cm³/mol. The van der Waals surface area contributed by atoms with Gasteiger partial charge in [0.05, 0.1) is 6.10 Å². The van der Waals surface area contributed by atoms with Gasteiger partial charge in [0.15, 0.2) is 0 Å². The van der Waals surface area contributed by atoms with Gasteiger partial charge in [-0.1, -0.05) is 26.8 Å². The summed E-state index contributed by atoms with van der Waals surface area (Å²) in [5.41, 5.74) is 1.27. The maximum atomic E-state index is 6.18. The molecule has 1 aliphatic rings. The molecule has 1 aromatic heterocycles. The topological polar surface area (TPSA) is 34.1 Å². The normalized spacial score (nSPS) is 17.6. The van der Waals surface area contributed by atoms with E-state index in [9.17, 15) is 0 Å². The third-order valence-corrected chi connectivity index (χ3v) is 3.87. The zero-order valence-electron chi connectivity index (χ0n) is 12.7. The van der Waals surface area contributed by atoms with Gasteiger partial charge in [-0.05, 0) is 43.0 Å². The fourth-order valence-corrected chi connectivity index (χ4v) is 3.02. The summed E-state index contributed by atoms with van der Waals surface area (Å²) in [7, 11) is -0.725. The smallest absolute Gasteiger partial charge is 0.205 e. The standard InChI is InChI=1S/C15H25N2OSi/c1-15(2,3)14(18-19(4)5)11-6-9-13(16-10-11)17-12-7-8-12/h6,9-10,12,14H,7-8H2,1-5H3,(H,16,17). The van der Waals surface area contributed by atoms with Gasteiger partial charge in [-0.2, -0.15) is 0 Å². The van der Waals surface area contributed by atoms with Gasteiger partial charge in [-0.25, -0.2) is 4.98 Å². The van der Waals surface area contributed by atoms with Crippen LogP contribution in [0.4, 0.5) is 5.82 Å². The third kappa shape index (κ3) is 4.32. The van der Waals surface area contributed by atoms with Crippen LogP contribution in [0.15, 0.2) is 18.3 Å². The molecule has 0 saturated heterocycles. The van der Waals surface area contributed by atoms with Crippen molar-refractivity contribution in [1.82, 2.24) is 4.98 Å². The highest BCUT2D eigenvalue weighted by Gasteiger charge is 2.28. The Morgan fingerprint density at radius 2 is 2.00 bits per heavy atom. The lowest BCUT2D eigenvalue weighted by molar-refractivity contribution is 0.0863. The van der Waals surface area contributed by atoms with E-state index in [1.807, 2.05) is 6.20 Å². The summed E-state index contributed by atoms with van der Waals surface area (Å²) in [6, 6.07) is 4.88. The van der Waals surface area contributed by atoms with Crippen molar-refractivity contribution < 1.29 is 4.43 Å². The highest BCUT2D eigenvalue weighted by molar-refractivity contribution is 6.48. The highest BCUT2D eigenvalue weighted by atomic mass is 28.3. The number of hydrogen-bond donors (Lipinski definition) is 1. The highest BCUT2D eigenvalue weighted by Crippen LogP contribution is 2.36. The molecule has 1 fully saturated rings. The summed E-state index contributed by atoms with van der Waals surface area (Å²) < 4.78 is 6.18. The number of nitrogens with one attached hydrogen (secondary N) is 1. The van der Waals surface area contributed by atoms with Gasteiger partial charge in [0.1, 0.15) is 5.82 Å². The third-order valence-electron chi connectivity index (χ3n) is 3.16. The molecule has 1 aromatic rings. The van der Waals surface area contributed by atoms with E-state index < -0.39 is 9.04 Å². The average Bonchev–Trinajstić information content (AvgIpc) is 3.09. The van der Waals surface area contributed by atoms with E-state index in [4.69, 9.17) is 4.43 Å². The van der Waals surface area contributed by atoms with Gasteiger partial charge in [0.25, 0.3) is 0 Å². The Morgan fingerprint density at radius 3 is 2.42 bits per heavy atom. The average molecular weight is 277 g/mol. The minimum Gasteiger partial charge on any atom is -0.410 e. The maximum Gasteiger partial charge on any atom is 0.205 e. The molecule has 105 valence electrons. The monoisotopic (exact) mass is 277 g/mol. The molecule has 1 radical (unpaired) electrons. The molecule has 3 nitrogen and oxygen atoms in total. The summed E-state index contributed by atoms with van der Waals surface area (Å²) in [6.45, 7) is 11.0. The summed E-state index contributed by atoms with van der Waals surface area (Å²) in [4.78, 5) is 4.52. The Hall–Kier alpha value is -0.873. The van der Waals surface area contributed by atoms with Crippen LogP contribution in [0, 0.1) is 5.41 Å². The molecular weight excluding hydrogens is 252 g/mol. The van der Waals surface area contributed by atoms with E-state index >= 15 is 0 Å². The summed E-state index contributed by atoms with van der Waals surface area (Å²) in [6.07, 6.45) is 4.63. The number of anilines is 1. The number of aromatic nitrogens is 1. The number of nitrogens with zero attached hydrogens (tertiary/aromatic N) is 1. The molecule has 1 atom stereocenters. The lowest BCUT2D eigenvalue weighted by atomic mass is 9.85. The zero-order valence-corrected chi connectivity index (χ0v) is 13.7. The fourth-order valence-electron chi connectivity index (χ4n) is 2.06. The van der Waals surface area contributed by atoms with Crippen molar-refractivity contribution in [2.45, 2.75) is 58.9 Å². The van der Waals surface area contributed by atoms with E-state index in [0.717, 1.165) is 5.82 Å². The van der Waals surface area contributed by atoms with E-state index in [1.165, 1.54) is 18.4 Å². The molecule has 1 saturated carbocycles. The van der Waals surface area contributed by atoms with Crippen molar-refractivity contribution in [2.75, 3.05) is 5.32 Å². The molecule has 1 N–H and O–H groups in total. The molecule has 19 heavy (non-hydrogen) atoms. The molecule has 0 spiro atoms. The van der Waals surface area contributed by atoms with Crippen molar-refractivity contribution in [3.8, 4) is 0 Å². The molecule has 1 unspecified atom stereocenters. The van der Waals surface area contributed by atoms with Crippen molar-refractivity contribution in [3.05, 3.63) is 23.9 Å². The second-order valence-corrected chi connectivity index (χ2v) is 8.72. The van der Waals surface area contributed by atoms with Crippen molar-refractivity contribution in [3.63, 3.8) is 0 Å². The van der Waals surface area contributed by atoms with E-state index in [1.54, 1.807) is 0 Å². The molecule has 4 heteroatoms. The largest absolute Gasteiger partial charge is 0.410 e. The van der Waals surface area contributed by atoms with Crippen LogP contribution in [0.3, 0.4) is 0 Å². The molecule has 0 aromatic carbocycles.